The van der Waals surface area contributed by atoms with Crippen molar-refractivity contribution in [3.8, 4) is 51.4 Å². The maximum Gasteiger partial charge on any atom is 0.264 e. The Labute approximate surface area is 681 Å². The Morgan fingerprint density at radius 3 is 1.98 bits per heavy atom. The van der Waals surface area contributed by atoms with Gasteiger partial charge in [0.25, 0.3) is 10.0 Å². The average molecular weight is 1670 g/mol. The summed E-state index contributed by atoms with van der Waals surface area (Å²) in [5.74, 6) is -14.7. The summed E-state index contributed by atoms with van der Waals surface area (Å²) in [6, 6.07) is 6.90. The minimum absolute atomic E-state index is 0.0500. The Morgan fingerprint density at radius 1 is 0.661 bits per heavy atom. The van der Waals surface area contributed by atoms with Gasteiger partial charge in [0.1, 0.15) is 102 Å². The standard InChI is InChI=1S/C81H93ClN10O25S/c1-35(2)21-53(84-3)73(100)90-66-68(96)40-8-16-55(52(82)28-40)115-57-30-43-29-56(72(57)117-80-71(99)70(98)69(97)58(34-83)116-80)114-46-9-5-38(6-10-46)67(95)65-79(106)89-64(77(104)86-61-41-23-36-22-37(25-41)26-42(61)24-36)49-31-44(93)32-51-60(49)48-27-39(7-15-50(48)81(51,107)108)62(75(102)91-65)88-76(103)63(43)87-74(101)54(85-78(66)105)33-59(94)92-118(109,110)47-13-11-45(12-14-47)113-20-19-112-18-17-111-4/h5-16,27-32,35-37,41-42,53-54,58,61-71,80,84,93,95-99,107-108H,17-26,33-34,83H2,1-4H3,(H,85,105)(H,86,104)(H,87,101)(H,88,103)(H,89,106)(H,90,100)(H,91,102)(H,92,94)/t36?,37?,41?,42?,53-,54+,58-,61?,62-,63-,64+,65+,66-,67-,68-,69-,70+,71-,80+/m1/s1. The molecule has 6 aromatic rings. The van der Waals surface area contributed by atoms with Crippen LogP contribution in [0.4, 0.5) is 0 Å². The molecule has 37 heteroatoms. The van der Waals surface area contributed by atoms with Gasteiger partial charge in [0.05, 0.1) is 42.2 Å². The van der Waals surface area contributed by atoms with E-state index in [2.05, 4.69) is 42.5 Å². The third-order valence-corrected chi connectivity index (χ3v) is 24.7. The maximum atomic E-state index is 16.5. The first kappa shape index (κ1) is 84.3. The summed E-state index contributed by atoms with van der Waals surface area (Å²) < 4.78 is 72.1. The van der Waals surface area contributed by atoms with Gasteiger partial charge in [-0.2, -0.15) is 0 Å². The monoisotopic (exact) mass is 1670 g/mol. The molecule has 5 fully saturated rings. The average Bonchev–Trinajstić information content (AvgIpc) is 1.52. The first-order valence-corrected chi connectivity index (χ1v) is 40.6. The van der Waals surface area contributed by atoms with E-state index in [-0.39, 0.29) is 117 Å². The number of fused-ring (bicyclic) bond motifs is 12. The number of phenols is 1. The molecule has 0 unspecified atom stereocenters. The molecule has 19 N–H and O–H groups in total. The predicted octanol–water partition coefficient (Wildman–Crippen LogP) is 1.19. The molecule has 0 aromatic heterocycles. The third kappa shape index (κ3) is 17.4. The first-order valence-electron chi connectivity index (χ1n) is 38.8. The molecule has 5 aliphatic carbocycles. The molecule has 4 saturated carbocycles. The molecule has 15 bridgehead atoms. The SMILES string of the molecule is CN[C@H](CC(C)C)C(=O)N[C@H]1C(=O)N[C@@H](CC(=O)NS(=O)(=O)c2ccc(OCCOCCOC)cc2)C(=O)N[C@H]2C(=O)N[C@H]3C(=O)N[C@H](C(=O)N[C@H](C(=O)NC4C5CC6CC(C5)CC4C6)c4cc(O)cc5c4-c4cc3ccc4C5(O)O)[C@H](O)c3ccc(cc3)Oc3cc2cc(c3O[C@@H]2O[C@H](CN)[C@@H](O)[C@H](O)[C@H]2O)Oc2ccc(cc2Cl)[C@H]1O. The second kappa shape index (κ2) is 34.7. The van der Waals surface area contributed by atoms with Gasteiger partial charge in [0.2, 0.25) is 65.1 Å². The van der Waals surface area contributed by atoms with Crippen molar-refractivity contribution in [2.24, 2.45) is 35.3 Å². The van der Waals surface area contributed by atoms with Crippen molar-refractivity contribution >= 4 is 68.9 Å². The largest absolute Gasteiger partial charge is 0.508 e. The number of sulfonamides is 1. The van der Waals surface area contributed by atoms with Crippen LogP contribution in [-0.2, 0) is 68.4 Å². The van der Waals surface area contributed by atoms with Gasteiger partial charge >= 0.3 is 0 Å². The Kier molecular flexibility index (Phi) is 24.8. The number of ether oxygens (including phenoxy) is 7. The highest BCUT2D eigenvalue weighted by Gasteiger charge is 2.52. The van der Waals surface area contributed by atoms with Gasteiger partial charge in [-0.3, -0.25) is 38.4 Å². The van der Waals surface area contributed by atoms with Gasteiger partial charge in [-0.15, -0.1) is 0 Å². The highest BCUT2D eigenvalue weighted by molar-refractivity contribution is 7.90. The van der Waals surface area contributed by atoms with Crippen LogP contribution < -0.4 is 71.9 Å². The quantitative estimate of drug-likeness (QED) is 0.0355. The zero-order chi connectivity index (χ0) is 84.1. The Hall–Kier alpha value is -10.2. The Balaban J connectivity index is 0.929. The van der Waals surface area contributed by atoms with E-state index >= 15 is 28.8 Å². The molecule has 0 spiro atoms. The number of nitrogens with one attached hydrogen (secondary N) is 9. The van der Waals surface area contributed by atoms with Crippen LogP contribution in [0.2, 0.25) is 5.02 Å². The normalized spacial score (nSPS) is 28.4. The predicted molar refractivity (Wildman–Crippen MR) is 414 cm³/mol. The number of halogens is 1. The fourth-order valence-corrected chi connectivity index (χ4v) is 18.5. The zero-order valence-corrected chi connectivity index (χ0v) is 65.9. The van der Waals surface area contributed by atoms with E-state index in [1.54, 1.807) is 0 Å². The second-order valence-corrected chi connectivity index (χ2v) is 33.5. The number of methoxy groups -OCH3 is 1. The lowest BCUT2D eigenvalue weighted by Crippen LogP contribution is -2.60. The smallest absolute Gasteiger partial charge is 0.264 e. The lowest BCUT2D eigenvalue weighted by atomic mass is 9.54. The number of benzene rings is 6. The molecule has 6 aromatic carbocycles. The number of carbonyl (C=O) groups excluding carboxylic acids is 8. The van der Waals surface area contributed by atoms with Crippen molar-refractivity contribution in [1.29, 1.82) is 0 Å². The number of phenolic OH excluding ortho intramolecular Hbond substituents is 1. The number of hydrogen-bond donors (Lipinski definition) is 18. The topological polar surface area (TPSA) is 531 Å². The minimum Gasteiger partial charge on any atom is -0.508 e. The number of rotatable bonds is 21. The summed E-state index contributed by atoms with van der Waals surface area (Å²) in [5, 5.41) is 116. The fourth-order valence-electron chi connectivity index (χ4n) is 17.3. The van der Waals surface area contributed by atoms with Crippen LogP contribution >= 0.6 is 11.6 Å². The number of hydrogen-bond acceptors (Lipinski definition) is 27. The van der Waals surface area contributed by atoms with Crippen molar-refractivity contribution < 1.29 is 121 Å². The molecule has 6 aliphatic heterocycles. The van der Waals surface area contributed by atoms with Gasteiger partial charge in [0.15, 0.2) is 11.5 Å². The third-order valence-electron chi connectivity index (χ3n) is 23.0. The summed E-state index contributed by atoms with van der Waals surface area (Å²) >= 11 is 7.11. The van der Waals surface area contributed by atoms with Crippen LogP contribution in [0.5, 0.6) is 40.2 Å². The number of likely N-dealkylation sites (N-methyl/N-ethyl adjacent to an activating group) is 1. The van der Waals surface area contributed by atoms with Crippen LogP contribution in [0.3, 0.4) is 0 Å². The van der Waals surface area contributed by atoms with Crippen molar-refractivity contribution in [3.05, 3.63) is 153 Å². The van der Waals surface area contributed by atoms with E-state index in [1.165, 1.54) is 80.9 Å². The molecule has 11 aliphatic rings. The van der Waals surface area contributed by atoms with E-state index in [1.807, 2.05) is 18.6 Å². The number of amides is 8. The highest BCUT2D eigenvalue weighted by atomic mass is 35.5. The molecule has 17 rings (SSSR count). The molecule has 8 amide bonds. The van der Waals surface area contributed by atoms with E-state index in [0.717, 1.165) is 74.6 Å². The molecule has 0 radical (unpaired) electrons. The molecule has 14 atom stereocenters. The summed E-state index contributed by atoms with van der Waals surface area (Å²) in [4.78, 5) is 124. The molecular formula is C81H93ClN10O25S. The number of aliphatic hydroxyl groups excluding tert-OH is 5. The summed E-state index contributed by atoms with van der Waals surface area (Å²) in [6.07, 6.45) is -10.3. The summed E-state index contributed by atoms with van der Waals surface area (Å²) in [6.45, 7) is 3.96. The van der Waals surface area contributed by atoms with E-state index in [9.17, 15) is 58.9 Å². The van der Waals surface area contributed by atoms with Crippen molar-refractivity contribution in [2.75, 3.05) is 47.1 Å². The molecule has 6 heterocycles. The van der Waals surface area contributed by atoms with Gasteiger partial charge in [-0.1, -0.05) is 55.8 Å². The Bertz CT molecular complexity index is 4960. The van der Waals surface area contributed by atoms with E-state index in [4.69, 9.17) is 50.5 Å². The number of aromatic hydroxyl groups is 1. The molecular weight excluding hydrogens is 1580 g/mol. The Morgan fingerprint density at radius 2 is 1.31 bits per heavy atom. The van der Waals surface area contributed by atoms with Crippen LogP contribution in [0.15, 0.2) is 114 Å². The number of nitrogens with two attached hydrogens (primary N) is 1. The number of aliphatic hydroxyl groups is 7. The van der Waals surface area contributed by atoms with Gasteiger partial charge in [0, 0.05) is 30.8 Å². The van der Waals surface area contributed by atoms with Gasteiger partial charge < -0.3 is 122 Å². The maximum absolute atomic E-state index is 16.5. The van der Waals surface area contributed by atoms with Crippen molar-refractivity contribution in [2.45, 2.75) is 161 Å². The molecule has 35 nitrogen and oxygen atoms in total. The highest BCUT2D eigenvalue weighted by Crippen LogP contribution is 2.56. The lowest BCUT2D eigenvalue weighted by Gasteiger charge is -2.54. The summed E-state index contributed by atoms with van der Waals surface area (Å²) in [7, 11) is -1.95. The molecule has 1 saturated heterocycles. The van der Waals surface area contributed by atoms with Crippen LogP contribution in [0.1, 0.15) is 128 Å². The van der Waals surface area contributed by atoms with Crippen LogP contribution in [0.25, 0.3) is 11.1 Å². The first-order chi connectivity index (χ1) is 56.3. The lowest BCUT2D eigenvalue weighted by molar-refractivity contribution is -0.270. The van der Waals surface area contributed by atoms with E-state index in [0.29, 0.717) is 18.4 Å². The fraction of sp³-hybridized carbons (Fsp3) is 0.457. The molecule has 118 heavy (non-hydrogen) atoms. The van der Waals surface area contributed by atoms with Crippen LogP contribution in [0, 0.1) is 29.6 Å². The van der Waals surface area contributed by atoms with Crippen molar-refractivity contribution in [3.63, 3.8) is 0 Å². The van der Waals surface area contributed by atoms with Crippen LogP contribution in [-0.4, -0.2) is 205 Å². The minimum atomic E-state index is -4.91. The molecule has 630 valence electrons. The van der Waals surface area contributed by atoms with Crippen molar-refractivity contribution in [1.82, 2.24) is 47.3 Å². The zero-order valence-electron chi connectivity index (χ0n) is 64.3. The van der Waals surface area contributed by atoms with E-state index < -0.39 is 195 Å². The second-order valence-electron chi connectivity index (χ2n) is 31.5. The van der Waals surface area contributed by atoms with Gasteiger partial charge in [-0.25, -0.2) is 13.1 Å². The van der Waals surface area contributed by atoms with Gasteiger partial charge in [-0.05, 0) is 193 Å². The summed E-state index contributed by atoms with van der Waals surface area (Å²) in [5.41, 5.74) is 3.98. The number of carbonyl (C=O) groups is 8.